The SMILES string of the molecule is C=CCN1CC[C@@H](CNc2cc(C(C)C)nc(C)n2)C1. The third kappa shape index (κ3) is 4.04. The van der Waals surface area contributed by atoms with Gasteiger partial charge in [-0.3, -0.25) is 4.90 Å². The minimum absolute atomic E-state index is 0.437. The standard InChI is InChI=1S/C16H26N4/c1-5-7-20-8-6-14(11-20)10-17-16-9-15(12(2)3)18-13(4)19-16/h5,9,12,14H,1,6-8,10-11H2,2-4H3,(H,17,18,19)/t14-/m0/s1. The quantitative estimate of drug-likeness (QED) is 0.810. The fourth-order valence-corrected chi connectivity index (χ4v) is 2.65. The summed E-state index contributed by atoms with van der Waals surface area (Å²) >= 11 is 0. The second-order valence-electron chi connectivity index (χ2n) is 5.96. The normalized spacial score (nSPS) is 19.5. The van der Waals surface area contributed by atoms with Crippen LogP contribution in [0, 0.1) is 12.8 Å². The molecule has 110 valence electrons. The van der Waals surface area contributed by atoms with Crippen molar-refractivity contribution in [1.29, 1.82) is 0 Å². The number of hydrogen-bond donors (Lipinski definition) is 1. The molecule has 0 saturated carbocycles. The number of hydrogen-bond acceptors (Lipinski definition) is 4. The Morgan fingerprint density at radius 3 is 3.00 bits per heavy atom. The Kier molecular flexibility index (Phi) is 5.12. The van der Waals surface area contributed by atoms with Gasteiger partial charge in [0.05, 0.1) is 0 Å². The first-order chi connectivity index (χ1) is 9.58. The minimum Gasteiger partial charge on any atom is -0.370 e. The van der Waals surface area contributed by atoms with Crippen molar-refractivity contribution in [3.05, 3.63) is 30.2 Å². The summed E-state index contributed by atoms with van der Waals surface area (Å²) in [6, 6.07) is 2.08. The molecule has 1 atom stereocenters. The average molecular weight is 274 g/mol. The van der Waals surface area contributed by atoms with E-state index in [0.29, 0.717) is 11.8 Å². The van der Waals surface area contributed by atoms with Gasteiger partial charge in [0, 0.05) is 31.4 Å². The molecule has 2 rings (SSSR count). The van der Waals surface area contributed by atoms with Crippen molar-refractivity contribution in [2.45, 2.75) is 33.1 Å². The number of likely N-dealkylation sites (tertiary alicyclic amines) is 1. The van der Waals surface area contributed by atoms with E-state index in [1.54, 1.807) is 0 Å². The highest BCUT2D eigenvalue weighted by Crippen LogP contribution is 2.18. The van der Waals surface area contributed by atoms with Crippen molar-refractivity contribution in [3.8, 4) is 0 Å². The summed E-state index contributed by atoms with van der Waals surface area (Å²) in [7, 11) is 0. The zero-order valence-electron chi connectivity index (χ0n) is 12.9. The third-order valence-corrected chi connectivity index (χ3v) is 3.78. The van der Waals surface area contributed by atoms with E-state index < -0.39 is 0 Å². The van der Waals surface area contributed by atoms with Gasteiger partial charge in [0.25, 0.3) is 0 Å². The van der Waals surface area contributed by atoms with E-state index >= 15 is 0 Å². The number of aromatic nitrogens is 2. The third-order valence-electron chi connectivity index (χ3n) is 3.78. The second-order valence-corrected chi connectivity index (χ2v) is 5.96. The molecule has 1 aromatic heterocycles. The van der Waals surface area contributed by atoms with Crippen LogP contribution in [0.15, 0.2) is 18.7 Å². The van der Waals surface area contributed by atoms with Crippen molar-refractivity contribution in [2.24, 2.45) is 5.92 Å². The largest absolute Gasteiger partial charge is 0.370 e. The molecule has 20 heavy (non-hydrogen) atoms. The number of nitrogens with one attached hydrogen (secondary N) is 1. The molecule has 0 amide bonds. The summed E-state index contributed by atoms with van der Waals surface area (Å²) in [5.41, 5.74) is 1.11. The van der Waals surface area contributed by atoms with E-state index in [-0.39, 0.29) is 0 Å². The van der Waals surface area contributed by atoms with Gasteiger partial charge in [0.2, 0.25) is 0 Å². The Morgan fingerprint density at radius 1 is 1.50 bits per heavy atom. The van der Waals surface area contributed by atoms with Gasteiger partial charge in [-0.15, -0.1) is 6.58 Å². The molecule has 1 saturated heterocycles. The first-order valence-electron chi connectivity index (χ1n) is 7.51. The van der Waals surface area contributed by atoms with E-state index in [0.717, 1.165) is 37.0 Å². The molecule has 1 aliphatic rings. The first kappa shape index (κ1) is 15.0. The van der Waals surface area contributed by atoms with Crippen LogP contribution >= 0.6 is 0 Å². The van der Waals surface area contributed by atoms with Crippen LogP contribution in [0.1, 0.15) is 37.7 Å². The van der Waals surface area contributed by atoms with Crippen LogP contribution in [0.2, 0.25) is 0 Å². The lowest BCUT2D eigenvalue weighted by molar-refractivity contribution is 0.362. The summed E-state index contributed by atoms with van der Waals surface area (Å²) in [6.45, 7) is 14.4. The second kappa shape index (κ2) is 6.84. The topological polar surface area (TPSA) is 41.0 Å². The highest BCUT2D eigenvalue weighted by atomic mass is 15.1. The van der Waals surface area contributed by atoms with Crippen LogP contribution in [0.25, 0.3) is 0 Å². The fraction of sp³-hybridized carbons (Fsp3) is 0.625. The maximum atomic E-state index is 4.48. The molecule has 0 unspecified atom stereocenters. The summed E-state index contributed by atoms with van der Waals surface area (Å²) in [5.74, 6) is 2.95. The predicted octanol–water partition coefficient (Wildman–Crippen LogP) is 2.83. The molecule has 0 spiro atoms. The molecule has 0 radical (unpaired) electrons. The zero-order chi connectivity index (χ0) is 14.5. The molecule has 1 aromatic rings. The van der Waals surface area contributed by atoms with E-state index in [1.807, 2.05) is 13.0 Å². The molecule has 0 aromatic carbocycles. The van der Waals surface area contributed by atoms with Crippen LogP contribution in [-0.2, 0) is 0 Å². The van der Waals surface area contributed by atoms with Crippen LogP contribution < -0.4 is 5.32 Å². The van der Waals surface area contributed by atoms with Gasteiger partial charge in [0.15, 0.2) is 0 Å². The summed E-state index contributed by atoms with van der Waals surface area (Å²) in [6.07, 6.45) is 3.24. The van der Waals surface area contributed by atoms with Crippen LogP contribution in [0.4, 0.5) is 5.82 Å². The van der Waals surface area contributed by atoms with Crippen molar-refractivity contribution < 1.29 is 0 Å². The Hall–Kier alpha value is -1.42. The highest BCUT2D eigenvalue weighted by Gasteiger charge is 2.21. The van der Waals surface area contributed by atoms with E-state index in [2.05, 4.69) is 46.7 Å². The van der Waals surface area contributed by atoms with Crippen LogP contribution in [0.5, 0.6) is 0 Å². The number of rotatable bonds is 6. The van der Waals surface area contributed by atoms with Gasteiger partial charge >= 0.3 is 0 Å². The average Bonchev–Trinajstić information content (AvgIpc) is 2.84. The predicted molar refractivity (Wildman–Crippen MR) is 84.1 cm³/mol. The Labute approximate surface area is 122 Å². The minimum atomic E-state index is 0.437. The maximum Gasteiger partial charge on any atom is 0.129 e. The van der Waals surface area contributed by atoms with E-state index in [4.69, 9.17) is 0 Å². The summed E-state index contributed by atoms with van der Waals surface area (Å²) in [4.78, 5) is 11.4. The van der Waals surface area contributed by atoms with Crippen LogP contribution in [-0.4, -0.2) is 41.0 Å². The molecule has 1 N–H and O–H groups in total. The van der Waals surface area contributed by atoms with Crippen molar-refractivity contribution in [2.75, 3.05) is 31.5 Å². The van der Waals surface area contributed by atoms with Crippen molar-refractivity contribution >= 4 is 5.82 Å². The van der Waals surface area contributed by atoms with Crippen molar-refractivity contribution in [1.82, 2.24) is 14.9 Å². The van der Waals surface area contributed by atoms with Gasteiger partial charge in [-0.1, -0.05) is 19.9 Å². The van der Waals surface area contributed by atoms with Crippen molar-refractivity contribution in [3.63, 3.8) is 0 Å². The Balaban J connectivity index is 1.89. The molecular formula is C16H26N4. The molecular weight excluding hydrogens is 248 g/mol. The fourth-order valence-electron chi connectivity index (χ4n) is 2.65. The molecule has 4 nitrogen and oxygen atoms in total. The van der Waals surface area contributed by atoms with Gasteiger partial charge in [-0.25, -0.2) is 9.97 Å². The van der Waals surface area contributed by atoms with Gasteiger partial charge in [0.1, 0.15) is 11.6 Å². The zero-order valence-corrected chi connectivity index (χ0v) is 12.9. The molecule has 0 bridgehead atoms. The number of aryl methyl sites for hydroxylation is 1. The molecule has 2 heterocycles. The van der Waals surface area contributed by atoms with Gasteiger partial charge < -0.3 is 5.32 Å². The molecule has 1 fully saturated rings. The smallest absolute Gasteiger partial charge is 0.129 e. The molecule has 1 aliphatic heterocycles. The van der Waals surface area contributed by atoms with E-state index in [9.17, 15) is 0 Å². The van der Waals surface area contributed by atoms with E-state index in [1.165, 1.54) is 13.0 Å². The first-order valence-corrected chi connectivity index (χ1v) is 7.51. The van der Waals surface area contributed by atoms with Gasteiger partial charge in [-0.2, -0.15) is 0 Å². The number of anilines is 1. The van der Waals surface area contributed by atoms with Crippen LogP contribution in [0.3, 0.4) is 0 Å². The lowest BCUT2D eigenvalue weighted by Crippen LogP contribution is -2.23. The Bertz CT molecular complexity index is 456. The van der Waals surface area contributed by atoms with Gasteiger partial charge in [-0.05, 0) is 31.7 Å². The molecule has 4 heteroatoms. The maximum absolute atomic E-state index is 4.48. The number of nitrogens with zero attached hydrogens (tertiary/aromatic N) is 3. The molecule has 0 aliphatic carbocycles. The monoisotopic (exact) mass is 274 g/mol. The summed E-state index contributed by atoms with van der Waals surface area (Å²) < 4.78 is 0. The lowest BCUT2D eigenvalue weighted by Gasteiger charge is -2.15. The Morgan fingerprint density at radius 2 is 2.30 bits per heavy atom. The summed E-state index contributed by atoms with van der Waals surface area (Å²) in [5, 5.41) is 3.48. The lowest BCUT2D eigenvalue weighted by atomic mass is 10.1. The highest BCUT2D eigenvalue weighted by molar-refractivity contribution is 5.37.